The fraction of sp³-hybridized carbons (Fsp3) is 0.561. The maximum atomic E-state index is 14.8. The lowest BCUT2D eigenvalue weighted by atomic mass is 9.85. The summed E-state index contributed by atoms with van der Waals surface area (Å²) in [6.07, 6.45) is 3.40. The van der Waals surface area contributed by atoms with E-state index in [-0.39, 0.29) is 37.1 Å². The number of nitrogens with zero attached hydrogens (tertiary/aromatic N) is 3. The van der Waals surface area contributed by atoms with Gasteiger partial charge in [0.15, 0.2) is 0 Å². The summed E-state index contributed by atoms with van der Waals surface area (Å²) in [7, 11) is -4.15. The van der Waals surface area contributed by atoms with Crippen LogP contribution in [-0.4, -0.2) is 81.0 Å². The van der Waals surface area contributed by atoms with Crippen molar-refractivity contribution in [1.29, 1.82) is 0 Å². The van der Waals surface area contributed by atoms with Crippen molar-refractivity contribution in [1.82, 2.24) is 30.6 Å². The molecule has 3 aliphatic rings. The molecular weight excluding hydrogens is 768 g/mol. The van der Waals surface area contributed by atoms with Crippen LogP contribution in [0.4, 0.5) is 0 Å². The number of ether oxygens (including phenoxy) is 1. The van der Waals surface area contributed by atoms with Crippen molar-refractivity contribution >= 4 is 53.7 Å². The topological polar surface area (TPSA) is 178 Å². The zero-order valence-electron chi connectivity index (χ0n) is 33.8. The number of hydrogen-bond acceptors (Lipinski definition) is 11. The van der Waals surface area contributed by atoms with Crippen molar-refractivity contribution in [3.05, 3.63) is 54.4 Å². The lowest BCUT2D eigenvalue weighted by Crippen LogP contribution is -2.60. The van der Waals surface area contributed by atoms with Crippen molar-refractivity contribution in [2.75, 3.05) is 6.54 Å². The molecule has 0 radical (unpaired) electrons. The zero-order chi connectivity index (χ0) is 41.3. The SMILES string of the molecule is C=CC1C[C@]1(NC(=O)[C@@H]1C[C@@H](Oc2nc3ccccc3nc2-c2cccs2)CN1C(=O)[C@@H](NC(=O)C1CCCC1)C(C)(C)C)C(=O)NP(=O)(OC(C)C)OC(C)C. The Labute approximate surface area is 338 Å². The van der Waals surface area contributed by atoms with Crippen LogP contribution < -0.4 is 20.5 Å². The van der Waals surface area contributed by atoms with Gasteiger partial charge in [0.1, 0.15) is 29.4 Å². The number of rotatable bonds is 15. The van der Waals surface area contributed by atoms with E-state index in [2.05, 4.69) is 22.3 Å². The quantitative estimate of drug-likeness (QED) is 0.112. The highest BCUT2D eigenvalue weighted by Gasteiger charge is 2.62. The smallest absolute Gasteiger partial charge is 0.435 e. The summed E-state index contributed by atoms with van der Waals surface area (Å²) in [6, 6.07) is 9.20. The molecule has 3 fully saturated rings. The van der Waals surface area contributed by atoms with Gasteiger partial charge in [-0.25, -0.2) is 14.5 Å². The van der Waals surface area contributed by atoms with Gasteiger partial charge in [0.05, 0.1) is 34.7 Å². The number of hydrogen-bond donors (Lipinski definition) is 3. The van der Waals surface area contributed by atoms with Crippen molar-refractivity contribution in [3.8, 4) is 16.5 Å². The van der Waals surface area contributed by atoms with Gasteiger partial charge in [-0.2, -0.15) is 0 Å². The summed E-state index contributed by atoms with van der Waals surface area (Å²) in [5.74, 6) is -2.42. The standard InChI is InChI=1S/C41H55N6O8PS/c1-9-27-22-41(27,39(51)46-56(52,54-24(2)3)55-25(4)5)45-36(49)31-21-28(23-47(31)38(50)34(40(6,7)8)44-35(48)26-15-10-11-16-26)53-37-33(32-19-14-20-57-32)42-29-17-12-13-18-30(29)43-37/h9,12-14,17-20,24-28,31,34H,1,10-11,15-16,21-23H2,2-8H3,(H,44,48)(H,45,49)(H,46,51,52)/t27?,28-,31+,34-,41-/m1/s1. The Hall–Kier alpha value is -4.17. The number of amides is 4. The maximum absolute atomic E-state index is 14.8. The number of carbonyl (C=O) groups is 4. The van der Waals surface area contributed by atoms with E-state index in [9.17, 15) is 23.7 Å². The van der Waals surface area contributed by atoms with Crippen LogP contribution in [0.1, 0.15) is 87.0 Å². The third-order valence-corrected chi connectivity index (χ3v) is 13.3. The number of likely N-dealkylation sites (tertiary alicyclic amines) is 1. The van der Waals surface area contributed by atoms with Gasteiger partial charge in [-0.3, -0.25) is 33.3 Å². The molecule has 4 amide bonds. The first-order valence-corrected chi connectivity index (χ1v) is 22.2. The van der Waals surface area contributed by atoms with Crippen LogP contribution in [0, 0.1) is 17.3 Å². The molecule has 2 aromatic heterocycles. The second kappa shape index (κ2) is 17.0. The molecule has 6 rings (SSSR count). The normalized spacial score (nSPS) is 23.1. The van der Waals surface area contributed by atoms with Gasteiger partial charge in [0, 0.05) is 18.3 Å². The van der Waals surface area contributed by atoms with Crippen LogP contribution >= 0.6 is 19.1 Å². The molecule has 57 heavy (non-hydrogen) atoms. The minimum Gasteiger partial charge on any atom is -0.471 e. The summed E-state index contributed by atoms with van der Waals surface area (Å²) in [4.78, 5) is 68.9. The van der Waals surface area contributed by atoms with Crippen molar-refractivity contribution in [3.63, 3.8) is 0 Å². The third kappa shape index (κ3) is 9.59. The highest BCUT2D eigenvalue weighted by molar-refractivity contribution is 7.52. The minimum atomic E-state index is -4.15. The molecule has 14 nitrogen and oxygen atoms in total. The predicted molar refractivity (Wildman–Crippen MR) is 218 cm³/mol. The van der Waals surface area contributed by atoms with Gasteiger partial charge >= 0.3 is 7.75 Å². The van der Waals surface area contributed by atoms with E-state index >= 15 is 0 Å². The number of thiophene rings is 1. The van der Waals surface area contributed by atoms with E-state index in [0.717, 1.165) is 30.6 Å². The van der Waals surface area contributed by atoms with Gasteiger partial charge in [-0.15, -0.1) is 17.9 Å². The molecule has 0 spiro atoms. The van der Waals surface area contributed by atoms with E-state index in [1.807, 2.05) is 62.5 Å². The Kier molecular flexibility index (Phi) is 12.6. The number of nitrogens with one attached hydrogen (secondary N) is 3. The first kappa shape index (κ1) is 42.4. The van der Waals surface area contributed by atoms with Crippen LogP contribution in [0.5, 0.6) is 5.88 Å². The minimum absolute atomic E-state index is 0.00900. The second-order valence-electron chi connectivity index (χ2n) is 16.9. The van der Waals surface area contributed by atoms with Gasteiger partial charge < -0.3 is 20.3 Å². The highest BCUT2D eigenvalue weighted by atomic mass is 32.1. The Morgan fingerprint density at radius 1 is 0.982 bits per heavy atom. The first-order valence-electron chi connectivity index (χ1n) is 19.8. The molecule has 1 aliphatic heterocycles. The number of benzene rings is 1. The Morgan fingerprint density at radius 3 is 2.19 bits per heavy atom. The third-order valence-electron chi connectivity index (χ3n) is 10.5. The molecule has 3 aromatic rings. The summed E-state index contributed by atoms with van der Waals surface area (Å²) in [6.45, 7) is 16.1. The Morgan fingerprint density at radius 2 is 1.63 bits per heavy atom. The van der Waals surface area contributed by atoms with E-state index < -0.39 is 72.7 Å². The monoisotopic (exact) mass is 822 g/mol. The summed E-state index contributed by atoms with van der Waals surface area (Å²) in [5.41, 5.74) is -0.412. The van der Waals surface area contributed by atoms with Crippen LogP contribution in [0.2, 0.25) is 0 Å². The summed E-state index contributed by atoms with van der Waals surface area (Å²) < 4.78 is 31.5. The van der Waals surface area contributed by atoms with Crippen molar-refractivity contribution in [2.24, 2.45) is 17.3 Å². The Bertz CT molecular complexity index is 2020. The van der Waals surface area contributed by atoms with Crippen LogP contribution in [0.3, 0.4) is 0 Å². The maximum Gasteiger partial charge on any atom is 0.435 e. The fourth-order valence-electron chi connectivity index (χ4n) is 7.63. The van der Waals surface area contributed by atoms with E-state index in [1.54, 1.807) is 33.8 Å². The predicted octanol–water partition coefficient (Wildman–Crippen LogP) is 6.56. The van der Waals surface area contributed by atoms with E-state index in [4.69, 9.17) is 23.8 Å². The fourth-order valence-corrected chi connectivity index (χ4v) is 10.0. The van der Waals surface area contributed by atoms with Crippen molar-refractivity contribution in [2.45, 2.75) is 123 Å². The molecule has 2 saturated carbocycles. The van der Waals surface area contributed by atoms with Crippen LogP contribution in [0.15, 0.2) is 54.4 Å². The van der Waals surface area contributed by atoms with Gasteiger partial charge in [0.25, 0.3) is 5.91 Å². The molecule has 1 saturated heterocycles. The summed E-state index contributed by atoms with van der Waals surface area (Å²) in [5, 5.41) is 10.3. The zero-order valence-corrected chi connectivity index (χ0v) is 35.5. The molecule has 308 valence electrons. The van der Waals surface area contributed by atoms with Crippen molar-refractivity contribution < 1.29 is 37.5 Å². The molecule has 3 N–H and O–H groups in total. The number of carbonyl (C=O) groups excluding carboxylic acids is 4. The molecule has 16 heteroatoms. The second-order valence-corrected chi connectivity index (χ2v) is 19.5. The first-order chi connectivity index (χ1) is 26.9. The summed E-state index contributed by atoms with van der Waals surface area (Å²) >= 11 is 1.48. The van der Waals surface area contributed by atoms with Gasteiger partial charge in [-0.05, 0) is 76.0 Å². The van der Waals surface area contributed by atoms with E-state index in [1.165, 1.54) is 16.2 Å². The molecule has 1 unspecified atom stereocenters. The van der Waals surface area contributed by atoms with Gasteiger partial charge in [0.2, 0.25) is 23.6 Å². The Balaban J connectivity index is 1.32. The molecular formula is C41H55N6O8PS. The highest BCUT2D eigenvalue weighted by Crippen LogP contribution is 2.51. The largest absolute Gasteiger partial charge is 0.471 e. The van der Waals surface area contributed by atoms with Gasteiger partial charge in [-0.1, -0.05) is 57.9 Å². The average Bonchev–Trinajstić information content (AvgIpc) is 3.64. The lowest BCUT2D eigenvalue weighted by molar-refractivity contribution is -0.145. The van der Waals surface area contributed by atoms with E-state index in [0.29, 0.717) is 16.7 Å². The molecule has 0 bridgehead atoms. The number of aromatic nitrogens is 2. The van der Waals surface area contributed by atoms with Crippen LogP contribution in [-0.2, 0) is 32.8 Å². The molecule has 2 aliphatic carbocycles. The average molecular weight is 823 g/mol. The molecule has 1 aromatic carbocycles. The molecule has 5 atom stereocenters. The number of para-hydroxylation sites is 2. The lowest BCUT2D eigenvalue weighted by Gasteiger charge is -2.36. The molecule has 3 heterocycles. The number of fused-ring (bicyclic) bond motifs is 1. The van der Waals surface area contributed by atoms with Crippen LogP contribution in [0.25, 0.3) is 21.6 Å².